The van der Waals surface area contributed by atoms with E-state index in [0.717, 1.165) is 0 Å². The van der Waals surface area contributed by atoms with Crippen LogP contribution in [0.15, 0.2) is 10.5 Å². The van der Waals surface area contributed by atoms with E-state index >= 15 is 0 Å². The molecule has 3 N–H and O–H groups in total. The van der Waals surface area contributed by atoms with Gasteiger partial charge in [0.25, 0.3) is 0 Å². The molecule has 0 aromatic carbocycles. The van der Waals surface area contributed by atoms with Crippen LogP contribution in [-0.4, -0.2) is 5.11 Å². The van der Waals surface area contributed by atoms with Crippen molar-refractivity contribution in [1.29, 1.82) is 0 Å². The third-order valence-electron chi connectivity index (χ3n) is 0.710. The molecule has 44 valence electrons. The molecule has 0 fully saturated rings. The van der Waals surface area contributed by atoms with E-state index in [4.69, 9.17) is 15.3 Å². The molecule has 0 unspecified atom stereocenters. The van der Waals surface area contributed by atoms with Crippen LogP contribution in [0.2, 0.25) is 0 Å². The number of nitrogens with two attached hydrogens (primary N) is 1. The lowest BCUT2D eigenvalue weighted by molar-refractivity contribution is 0.465. The molecule has 4 heteroatoms. The second-order valence-corrected chi connectivity index (χ2v) is 2.36. The molecular formula is C4H4INO2. The summed E-state index contributed by atoms with van der Waals surface area (Å²) in [6.45, 7) is 0. The molecule has 1 aromatic rings. The van der Waals surface area contributed by atoms with E-state index in [9.17, 15) is 0 Å². The van der Waals surface area contributed by atoms with Crippen LogP contribution in [-0.2, 0) is 0 Å². The van der Waals surface area contributed by atoms with Crippen molar-refractivity contribution in [2.24, 2.45) is 0 Å². The lowest BCUT2D eigenvalue weighted by Crippen LogP contribution is -1.77. The van der Waals surface area contributed by atoms with Crippen molar-refractivity contribution in [2.45, 2.75) is 0 Å². The quantitative estimate of drug-likeness (QED) is 0.651. The first-order chi connectivity index (χ1) is 3.70. The van der Waals surface area contributed by atoms with Gasteiger partial charge in [-0.2, -0.15) is 0 Å². The van der Waals surface area contributed by atoms with Crippen LogP contribution in [0.4, 0.5) is 5.88 Å². The maximum absolute atomic E-state index is 8.72. The first-order valence-corrected chi connectivity index (χ1v) is 3.02. The first kappa shape index (κ1) is 5.74. The summed E-state index contributed by atoms with van der Waals surface area (Å²) in [4.78, 5) is 0. The van der Waals surface area contributed by atoms with Gasteiger partial charge >= 0.3 is 0 Å². The molecule has 0 aliphatic heterocycles. The van der Waals surface area contributed by atoms with Crippen molar-refractivity contribution in [3.05, 3.63) is 9.83 Å². The van der Waals surface area contributed by atoms with Gasteiger partial charge in [-0.15, -0.1) is 0 Å². The average molecular weight is 225 g/mol. The highest BCUT2D eigenvalue weighted by Gasteiger charge is 2.01. The Labute approximate surface area is 59.6 Å². The molecule has 0 aliphatic rings. The number of aromatic hydroxyl groups is 1. The second kappa shape index (κ2) is 1.85. The second-order valence-electron chi connectivity index (χ2n) is 1.30. The summed E-state index contributed by atoms with van der Waals surface area (Å²) in [7, 11) is 0. The smallest absolute Gasteiger partial charge is 0.233 e. The number of furan rings is 1. The zero-order valence-electron chi connectivity index (χ0n) is 3.89. The van der Waals surface area contributed by atoms with Gasteiger partial charge in [0.15, 0.2) is 9.52 Å². The van der Waals surface area contributed by atoms with Gasteiger partial charge in [-0.1, -0.05) is 0 Å². The molecule has 0 saturated carbocycles. The number of halogens is 1. The van der Waals surface area contributed by atoms with Crippen molar-refractivity contribution >= 4 is 28.5 Å². The summed E-state index contributed by atoms with van der Waals surface area (Å²) in [5.74, 6) is 0.0869. The van der Waals surface area contributed by atoms with E-state index in [0.29, 0.717) is 3.77 Å². The normalized spacial score (nSPS) is 9.62. The lowest BCUT2D eigenvalue weighted by Gasteiger charge is -1.79. The van der Waals surface area contributed by atoms with Crippen LogP contribution in [0.1, 0.15) is 0 Å². The van der Waals surface area contributed by atoms with Crippen LogP contribution >= 0.6 is 22.6 Å². The fraction of sp³-hybridized carbons (Fsp3) is 0. The summed E-state index contributed by atoms with van der Waals surface area (Å²) >= 11 is 1.92. The Hall–Kier alpha value is -0.390. The number of hydrogen-bond acceptors (Lipinski definition) is 3. The average Bonchev–Trinajstić information content (AvgIpc) is 1.85. The number of nitrogen functional groups attached to an aromatic ring is 1. The van der Waals surface area contributed by atoms with Crippen molar-refractivity contribution < 1.29 is 9.52 Å². The highest BCUT2D eigenvalue weighted by atomic mass is 127. The Morgan fingerprint density at radius 1 is 1.75 bits per heavy atom. The molecule has 0 saturated heterocycles. The SMILES string of the molecule is Nc1oc(I)cc1O. The fourth-order valence-electron chi connectivity index (χ4n) is 0.365. The van der Waals surface area contributed by atoms with Crippen molar-refractivity contribution in [3.8, 4) is 5.75 Å². The van der Waals surface area contributed by atoms with Gasteiger partial charge in [0.05, 0.1) is 0 Å². The topological polar surface area (TPSA) is 59.4 Å². The Bertz CT molecular complexity index is 176. The lowest BCUT2D eigenvalue weighted by atomic mass is 10.6. The van der Waals surface area contributed by atoms with Gasteiger partial charge in [0.1, 0.15) is 0 Å². The minimum atomic E-state index is 0.00870. The van der Waals surface area contributed by atoms with Crippen LogP contribution in [0.25, 0.3) is 0 Å². The number of hydrogen-bond donors (Lipinski definition) is 2. The molecular weight excluding hydrogens is 221 g/mol. The van der Waals surface area contributed by atoms with E-state index in [1.807, 2.05) is 22.6 Å². The van der Waals surface area contributed by atoms with Crippen molar-refractivity contribution in [2.75, 3.05) is 5.73 Å². The molecule has 0 bridgehead atoms. The largest absolute Gasteiger partial charge is 0.503 e. The fourth-order valence-corrected chi connectivity index (χ4v) is 0.898. The predicted molar refractivity (Wildman–Crippen MR) is 37.5 cm³/mol. The Balaban J connectivity index is 3.14. The van der Waals surface area contributed by atoms with Gasteiger partial charge in [-0.3, -0.25) is 0 Å². The minimum Gasteiger partial charge on any atom is -0.503 e. The van der Waals surface area contributed by atoms with E-state index < -0.39 is 0 Å². The summed E-state index contributed by atoms with van der Waals surface area (Å²) in [5.41, 5.74) is 5.12. The zero-order valence-corrected chi connectivity index (χ0v) is 6.05. The molecule has 1 rings (SSSR count). The Morgan fingerprint density at radius 2 is 2.38 bits per heavy atom. The highest BCUT2D eigenvalue weighted by Crippen LogP contribution is 2.24. The van der Waals surface area contributed by atoms with Gasteiger partial charge in [-0.25, -0.2) is 0 Å². The van der Waals surface area contributed by atoms with E-state index in [-0.39, 0.29) is 11.6 Å². The molecule has 1 aromatic heterocycles. The minimum absolute atomic E-state index is 0.00870. The zero-order chi connectivity index (χ0) is 6.15. The summed E-state index contributed by atoms with van der Waals surface area (Å²) in [5, 5.41) is 8.72. The van der Waals surface area contributed by atoms with Crippen LogP contribution in [0, 0.1) is 3.77 Å². The predicted octanol–water partition coefficient (Wildman–Crippen LogP) is 1.17. The van der Waals surface area contributed by atoms with Crippen molar-refractivity contribution in [3.63, 3.8) is 0 Å². The molecule has 0 aliphatic carbocycles. The Morgan fingerprint density at radius 3 is 2.50 bits per heavy atom. The standard InChI is InChI=1S/C4H4INO2/c5-3-1-2(7)4(6)8-3/h1,7H,6H2. The van der Waals surface area contributed by atoms with Crippen molar-refractivity contribution in [1.82, 2.24) is 0 Å². The van der Waals surface area contributed by atoms with E-state index in [2.05, 4.69) is 0 Å². The van der Waals surface area contributed by atoms with Crippen LogP contribution in [0.5, 0.6) is 5.75 Å². The van der Waals surface area contributed by atoms with Gasteiger partial charge in [0, 0.05) is 6.07 Å². The van der Waals surface area contributed by atoms with Gasteiger partial charge < -0.3 is 15.3 Å². The first-order valence-electron chi connectivity index (χ1n) is 1.94. The monoisotopic (exact) mass is 225 g/mol. The maximum atomic E-state index is 8.72. The van der Waals surface area contributed by atoms with E-state index in [1.54, 1.807) is 0 Å². The molecule has 0 amide bonds. The third-order valence-corrected chi connectivity index (χ3v) is 1.24. The third kappa shape index (κ3) is 0.885. The summed E-state index contributed by atoms with van der Waals surface area (Å²) in [6.07, 6.45) is 0. The summed E-state index contributed by atoms with van der Waals surface area (Å²) < 4.78 is 5.32. The number of rotatable bonds is 0. The van der Waals surface area contributed by atoms with Gasteiger partial charge in [0.2, 0.25) is 5.88 Å². The van der Waals surface area contributed by atoms with Crippen LogP contribution < -0.4 is 5.73 Å². The van der Waals surface area contributed by atoms with Gasteiger partial charge in [-0.05, 0) is 22.6 Å². The molecule has 1 heterocycles. The van der Waals surface area contributed by atoms with Crippen LogP contribution in [0.3, 0.4) is 0 Å². The summed E-state index contributed by atoms with van der Waals surface area (Å²) in [6, 6.07) is 1.45. The molecule has 0 radical (unpaired) electrons. The highest BCUT2D eigenvalue weighted by molar-refractivity contribution is 14.1. The molecule has 3 nitrogen and oxygen atoms in total. The maximum Gasteiger partial charge on any atom is 0.233 e. The molecule has 8 heavy (non-hydrogen) atoms. The Kier molecular flexibility index (Phi) is 1.33. The van der Waals surface area contributed by atoms with E-state index in [1.165, 1.54) is 6.07 Å². The molecule has 0 atom stereocenters. The molecule has 0 spiro atoms. The number of anilines is 1.